The lowest BCUT2D eigenvalue weighted by atomic mass is 10.1. The number of hydrogen-bond donors (Lipinski definition) is 2. The van der Waals surface area contributed by atoms with Crippen molar-refractivity contribution in [3.63, 3.8) is 0 Å². The second-order valence-electron chi connectivity index (χ2n) is 6.57. The normalized spacial score (nSPS) is 10.9. The van der Waals surface area contributed by atoms with Crippen LogP contribution in [-0.2, 0) is 6.18 Å². The van der Waals surface area contributed by atoms with Gasteiger partial charge in [-0.25, -0.2) is 0 Å². The second-order valence-corrected chi connectivity index (χ2v) is 6.57. The van der Waals surface area contributed by atoms with E-state index >= 15 is 0 Å². The van der Waals surface area contributed by atoms with Crippen molar-refractivity contribution in [2.75, 3.05) is 24.9 Å². The largest absolute Gasteiger partial charge is 0.494 e. The first-order valence-corrected chi connectivity index (χ1v) is 9.34. The topological polar surface area (TPSA) is 76.7 Å². The van der Waals surface area contributed by atoms with Gasteiger partial charge in [-0.2, -0.15) is 13.2 Å². The van der Waals surface area contributed by atoms with Gasteiger partial charge in [-0.3, -0.25) is 9.59 Å². The molecule has 0 radical (unpaired) electrons. The summed E-state index contributed by atoms with van der Waals surface area (Å²) in [6, 6.07) is 15.7. The van der Waals surface area contributed by atoms with Crippen molar-refractivity contribution in [1.29, 1.82) is 0 Å². The van der Waals surface area contributed by atoms with E-state index in [-0.39, 0.29) is 22.9 Å². The highest BCUT2D eigenvalue weighted by molar-refractivity contribution is 6.08. The van der Waals surface area contributed by atoms with Crippen LogP contribution >= 0.6 is 0 Å². The van der Waals surface area contributed by atoms with Crippen molar-refractivity contribution in [3.8, 4) is 11.5 Å². The molecule has 3 rings (SSSR count). The Morgan fingerprint density at radius 1 is 0.750 bits per heavy atom. The van der Waals surface area contributed by atoms with Gasteiger partial charge in [0, 0.05) is 17.7 Å². The molecule has 9 heteroatoms. The predicted octanol–water partition coefficient (Wildman–Crippen LogP) is 5.23. The van der Waals surface area contributed by atoms with Gasteiger partial charge in [0.2, 0.25) is 0 Å². The summed E-state index contributed by atoms with van der Waals surface area (Å²) in [4.78, 5) is 25.1. The molecule has 0 bridgehead atoms. The minimum Gasteiger partial charge on any atom is -0.494 e. The molecule has 166 valence electrons. The number of rotatable bonds is 6. The zero-order valence-corrected chi connectivity index (χ0v) is 17.1. The molecule has 0 saturated heterocycles. The van der Waals surface area contributed by atoms with E-state index in [0.717, 1.165) is 12.1 Å². The van der Waals surface area contributed by atoms with Crippen LogP contribution in [-0.4, -0.2) is 26.0 Å². The van der Waals surface area contributed by atoms with Crippen LogP contribution < -0.4 is 20.1 Å². The first-order chi connectivity index (χ1) is 15.2. The molecule has 0 heterocycles. The van der Waals surface area contributed by atoms with E-state index in [1.165, 1.54) is 38.5 Å². The fourth-order valence-electron chi connectivity index (χ4n) is 3.00. The molecule has 0 fully saturated rings. The van der Waals surface area contributed by atoms with Crippen molar-refractivity contribution in [1.82, 2.24) is 0 Å². The highest BCUT2D eigenvalue weighted by Crippen LogP contribution is 2.38. The number of anilines is 2. The number of hydrogen-bond acceptors (Lipinski definition) is 4. The average Bonchev–Trinajstić information content (AvgIpc) is 2.79. The quantitative estimate of drug-likeness (QED) is 0.546. The van der Waals surface area contributed by atoms with Crippen LogP contribution in [0.25, 0.3) is 0 Å². The Kier molecular flexibility index (Phi) is 6.67. The molecule has 0 spiro atoms. The maximum absolute atomic E-state index is 13.3. The van der Waals surface area contributed by atoms with Crippen molar-refractivity contribution in [3.05, 3.63) is 83.4 Å². The van der Waals surface area contributed by atoms with Gasteiger partial charge in [-0.05, 0) is 24.3 Å². The molecule has 2 amide bonds. The average molecular weight is 444 g/mol. The molecule has 0 unspecified atom stereocenters. The predicted molar refractivity (Wildman–Crippen MR) is 113 cm³/mol. The Hall–Kier alpha value is -4.01. The van der Waals surface area contributed by atoms with Gasteiger partial charge in [0.15, 0.2) is 0 Å². The lowest BCUT2D eigenvalue weighted by molar-refractivity contribution is -0.137. The van der Waals surface area contributed by atoms with Crippen molar-refractivity contribution in [2.45, 2.75) is 6.18 Å². The summed E-state index contributed by atoms with van der Waals surface area (Å²) in [6.07, 6.45) is -4.69. The molecular formula is C23H19F3N2O4. The van der Waals surface area contributed by atoms with E-state index < -0.39 is 29.1 Å². The van der Waals surface area contributed by atoms with Crippen LogP contribution in [0, 0.1) is 0 Å². The highest BCUT2D eigenvalue weighted by Gasteiger charge is 2.35. The van der Waals surface area contributed by atoms with Crippen LogP contribution in [0.3, 0.4) is 0 Å². The number of benzene rings is 3. The summed E-state index contributed by atoms with van der Waals surface area (Å²) in [5, 5.41) is 5.11. The fraction of sp³-hybridized carbons (Fsp3) is 0.130. The Labute approximate surface area is 182 Å². The molecule has 0 atom stereocenters. The highest BCUT2D eigenvalue weighted by atomic mass is 19.4. The lowest BCUT2D eigenvalue weighted by Gasteiger charge is -2.17. The molecule has 3 aromatic carbocycles. The smallest absolute Gasteiger partial charge is 0.417 e. The van der Waals surface area contributed by atoms with Crippen molar-refractivity contribution < 1.29 is 32.2 Å². The van der Waals surface area contributed by atoms with E-state index in [9.17, 15) is 22.8 Å². The Bertz CT molecular complexity index is 1130. The summed E-state index contributed by atoms with van der Waals surface area (Å²) in [5.74, 6) is -1.08. The van der Waals surface area contributed by atoms with Gasteiger partial charge in [0.1, 0.15) is 11.5 Å². The molecule has 6 nitrogen and oxygen atoms in total. The van der Waals surface area contributed by atoms with Gasteiger partial charge in [-0.15, -0.1) is 0 Å². The zero-order chi connectivity index (χ0) is 23.3. The Morgan fingerprint density at radius 2 is 1.25 bits per heavy atom. The summed E-state index contributed by atoms with van der Waals surface area (Å²) >= 11 is 0. The third kappa shape index (κ3) is 5.00. The van der Waals surface area contributed by atoms with Gasteiger partial charge in [0.25, 0.3) is 11.8 Å². The van der Waals surface area contributed by atoms with Gasteiger partial charge >= 0.3 is 6.18 Å². The number of methoxy groups -OCH3 is 2. The fourth-order valence-corrected chi connectivity index (χ4v) is 3.00. The summed E-state index contributed by atoms with van der Waals surface area (Å²) in [7, 11) is 2.68. The first-order valence-electron chi connectivity index (χ1n) is 9.34. The SMILES string of the molecule is COc1cc(NC(=O)c2ccccc2C(F)(F)F)c(OC)cc1NC(=O)c1ccccc1. The number of nitrogens with one attached hydrogen (secondary N) is 2. The molecule has 0 aliphatic rings. The van der Waals surface area contributed by atoms with E-state index in [1.54, 1.807) is 30.3 Å². The second kappa shape index (κ2) is 9.42. The molecule has 0 aliphatic carbocycles. The molecule has 3 aromatic rings. The lowest BCUT2D eigenvalue weighted by Crippen LogP contribution is -2.19. The first kappa shape index (κ1) is 22.7. The number of alkyl halides is 3. The van der Waals surface area contributed by atoms with E-state index in [0.29, 0.717) is 5.56 Å². The van der Waals surface area contributed by atoms with Crippen LogP contribution in [0.4, 0.5) is 24.5 Å². The van der Waals surface area contributed by atoms with Gasteiger partial charge in [-0.1, -0.05) is 30.3 Å². The minimum absolute atomic E-state index is 0.0732. The monoisotopic (exact) mass is 444 g/mol. The summed E-state index contributed by atoms with van der Waals surface area (Å²) in [6.45, 7) is 0. The van der Waals surface area contributed by atoms with E-state index in [2.05, 4.69) is 10.6 Å². The van der Waals surface area contributed by atoms with Crippen molar-refractivity contribution >= 4 is 23.2 Å². The standard InChI is InChI=1S/C23H19F3N2O4/c1-31-19-13-18(28-22(30)15-10-6-7-11-16(15)23(24,25)26)20(32-2)12-17(19)27-21(29)14-8-4-3-5-9-14/h3-13H,1-2H3,(H,27,29)(H,28,30). The number of carbonyl (C=O) groups excluding carboxylic acids is 2. The molecule has 2 N–H and O–H groups in total. The molecule has 32 heavy (non-hydrogen) atoms. The van der Waals surface area contributed by atoms with Crippen LogP contribution in [0.2, 0.25) is 0 Å². The molecule has 0 saturated carbocycles. The van der Waals surface area contributed by atoms with Crippen molar-refractivity contribution in [2.24, 2.45) is 0 Å². The van der Waals surface area contributed by atoms with Crippen LogP contribution in [0.15, 0.2) is 66.7 Å². The Balaban J connectivity index is 1.92. The van der Waals surface area contributed by atoms with Gasteiger partial charge < -0.3 is 20.1 Å². The van der Waals surface area contributed by atoms with Crippen LogP contribution in [0.5, 0.6) is 11.5 Å². The number of amides is 2. The zero-order valence-electron chi connectivity index (χ0n) is 17.1. The molecule has 0 aromatic heterocycles. The van der Waals surface area contributed by atoms with E-state index in [1.807, 2.05) is 0 Å². The van der Waals surface area contributed by atoms with Gasteiger partial charge in [0.05, 0.1) is 36.7 Å². The number of carbonyl (C=O) groups is 2. The summed E-state index contributed by atoms with van der Waals surface area (Å²) < 4.78 is 50.3. The minimum atomic E-state index is -4.69. The maximum Gasteiger partial charge on any atom is 0.417 e. The van der Waals surface area contributed by atoms with E-state index in [4.69, 9.17) is 9.47 Å². The molecule has 0 aliphatic heterocycles. The maximum atomic E-state index is 13.3. The number of ether oxygens (including phenoxy) is 2. The molecular weight excluding hydrogens is 425 g/mol. The van der Waals surface area contributed by atoms with Crippen LogP contribution in [0.1, 0.15) is 26.3 Å². The summed E-state index contributed by atoms with van der Waals surface area (Å²) in [5.41, 5.74) is -0.858. The third-order valence-corrected chi connectivity index (χ3v) is 4.53. The Morgan fingerprint density at radius 3 is 1.78 bits per heavy atom. The third-order valence-electron chi connectivity index (χ3n) is 4.53. The number of halogens is 3.